The van der Waals surface area contributed by atoms with Gasteiger partial charge in [0.25, 0.3) is 0 Å². The number of hydrogen-bond donors (Lipinski definition) is 0. The summed E-state index contributed by atoms with van der Waals surface area (Å²) in [6.45, 7) is 6.76. The fourth-order valence-electron chi connectivity index (χ4n) is 0.902. The maximum absolute atomic E-state index is 5.91. The van der Waals surface area contributed by atoms with Crippen molar-refractivity contribution in [3.05, 3.63) is 29.0 Å². The summed E-state index contributed by atoms with van der Waals surface area (Å²) in [5, 5.41) is 0.527. The quantitative estimate of drug-likeness (QED) is 0.715. The van der Waals surface area contributed by atoms with Crippen LogP contribution in [0.5, 0.6) is 0 Å². The maximum Gasteiger partial charge on any atom is 0.134 e. The summed E-state index contributed by atoms with van der Waals surface area (Å²) in [4.78, 5) is 3.99. The van der Waals surface area contributed by atoms with Gasteiger partial charge >= 0.3 is 0 Å². The number of rotatable bonds is 4. The van der Waals surface area contributed by atoms with Gasteiger partial charge in [-0.15, -0.1) is 0 Å². The molecule has 0 aromatic carbocycles. The van der Waals surface area contributed by atoms with Gasteiger partial charge in [-0.25, -0.2) is 4.98 Å². The Labute approximate surface area is 90.3 Å². The lowest BCUT2D eigenvalue weighted by Crippen LogP contribution is -2.22. The zero-order valence-electron chi connectivity index (χ0n) is 8.88. The standard InChI is InChI=1S/C11H16ClNO/c1-4-11(2,3)14-8-9-6-5-7-13-10(9)12/h5-7H,4,8H2,1-3H3. The fraction of sp³-hybridized carbons (Fsp3) is 0.545. The molecule has 0 aliphatic rings. The van der Waals surface area contributed by atoms with Gasteiger partial charge in [0.05, 0.1) is 12.2 Å². The maximum atomic E-state index is 5.91. The van der Waals surface area contributed by atoms with Crippen LogP contribution >= 0.6 is 11.6 Å². The summed E-state index contributed by atoms with van der Waals surface area (Å²) in [5.74, 6) is 0. The van der Waals surface area contributed by atoms with Crippen LogP contribution in [0.1, 0.15) is 32.8 Å². The monoisotopic (exact) mass is 213 g/mol. The average Bonchev–Trinajstić information content (AvgIpc) is 2.17. The zero-order valence-corrected chi connectivity index (χ0v) is 9.64. The fourth-order valence-corrected chi connectivity index (χ4v) is 1.08. The SMILES string of the molecule is CCC(C)(C)OCc1cccnc1Cl. The van der Waals surface area contributed by atoms with E-state index in [1.54, 1.807) is 6.20 Å². The van der Waals surface area contributed by atoms with Crippen LogP contribution in [0.2, 0.25) is 5.15 Å². The Morgan fingerprint density at radius 3 is 2.79 bits per heavy atom. The Balaban J connectivity index is 2.58. The molecule has 0 radical (unpaired) electrons. The zero-order chi connectivity index (χ0) is 10.6. The number of ether oxygens (including phenoxy) is 1. The van der Waals surface area contributed by atoms with Gasteiger partial charge in [0.1, 0.15) is 5.15 Å². The Morgan fingerprint density at radius 2 is 2.21 bits per heavy atom. The number of pyridine rings is 1. The molecule has 14 heavy (non-hydrogen) atoms. The number of nitrogens with zero attached hydrogens (tertiary/aromatic N) is 1. The molecule has 2 nitrogen and oxygen atoms in total. The molecular weight excluding hydrogens is 198 g/mol. The van der Waals surface area contributed by atoms with Gasteiger partial charge in [-0.1, -0.05) is 24.6 Å². The molecular formula is C11H16ClNO. The number of aromatic nitrogens is 1. The van der Waals surface area contributed by atoms with Crippen molar-refractivity contribution in [3.63, 3.8) is 0 Å². The summed E-state index contributed by atoms with van der Waals surface area (Å²) >= 11 is 5.91. The highest BCUT2D eigenvalue weighted by atomic mass is 35.5. The molecule has 0 saturated carbocycles. The van der Waals surface area contributed by atoms with E-state index in [1.807, 2.05) is 12.1 Å². The highest BCUT2D eigenvalue weighted by Gasteiger charge is 2.15. The van der Waals surface area contributed by atoms with Crippen molar-refractivity contribution in [2.45, 2.75) is 39.4 Å². The molecule has 0 unspecified atom stereocenters. The van der Waals surface area contributed by atoms with Crippen LogP contribution < -0.4 is 0 Å². The lowest BCUT2D eigenvalue weighted by Gasteiger charge is -2.23. The molecule has 0 aliphatic carbocycles. The molecule has 78 valence electrons. The van der Waals surface area contributed by atoms with Gasteiger partial charge in [0, 0.05) is 11.8 Å². The largest absolute Gasteiger partial charge is 0.371 e. The average molecular weight is 214 g/mol. The van der Waals surface area contributed by atoms with Crippen LogP contribution in [0.25, 0.3) is 0 Å². The lowest BCUT2D eigenvalue weighted by atomic mass is 10.1. The molecule has 1 heterocycles. The van der Waals surface area contributed by atoms with Crippen LogP contribution in [-0.4, -0.2) is 10.6 Å². The minimum atomic E-state index is -0.0980. The van der Waals surface area contributed by atoms with Crippen LogP contribution in [-0.2, 0) is 11.3 Å². The van der Waals surface area contributed by atoms with E-state index in [-0.39, 0.29) is 5.60 Å². The van der Waals surface area contributed by atoms with Crippen molar-refractivity contribution >= 4 is 11.6 Å². The second-order valence-electron chi connectivity index (χ2n) is 3.86. The van der Waals surface area contributed by atoms with Gasteiger partial charge in [0.2, 0.25) is 0 Å². The van der Waals surface area contributed by atoms with Gasteiger partial charge in [-0.3, -0.25) is 0 Å². The minimum Gasteiger partial charge on any atom is -0.371 e. The smallest absolute Gasteiger partial charge is 0.134 e. The van der Waals surface area contributed by atoms with Gasteiger partial charge < -0.3 is 4.74 Å². The van der Waals surface area contributed by atoms with E-state index >= 15 is 0 Å². The van der Waals surface area contributed by atoms with Crippen molar-refractivity contribution in [2.75, 3.05) is 0 Å². The third-order valence-corrected chi connectivity index (χ3v) is 2.65. The summed E-state index contributed by atoms with van der Waals surface area (Å²) in [6, 6.07) is 3.80. The highest BCUT2D eigenvalue weighted by Crippen LogP contribution is 2.19. The van der Waals surface area contributed by atoms with E-state index in [2.05, 4.69) is 25.8 Å². The second kappa shape index (κ2) is 4.76. The molecule has 0 saturated heterocycles. The topological polar surface area (TPSA) is 22.1 Å². The first-order valence-corrected chi connectivity index (χ1v) is 5.16. The van der Waals surface area contributed by atoms with Crippen LogP contribution in [0.15, 0.2) is 18.3 Å². The first kappa shape index (κ1) is 11.5. The molecule has 1 rings (SSSR count). The van der Waals surface area contributed by atoms with Gasteiger partial charge in [-0.05, 0) is 26.3 Å². The number of hydrogen-bond acceptors (Lipinski definition) is 2. The van der Waals surface area contributed by atoms with E-state index in [9.17, 15) is 0 Å². The molecule has 0 amide bonds. The predicted molar refractivity (Wildman–Crippen MR) is 58.4 cm³/mol. The molecule has 0 bridgehead atoms. The summed E-state index contributed by atoms with van der Waals surface area (Å²) in [6.07, 6.45) is 2.65. The third kappa shape index (κ3) is 3.28. The van der Waals surface area contributed by atoms with Crippen molar-refractivity contribution in [2.24, 2.45) is 0 Å². The Kier molecular flexibility index (Phi) is 3.90. The van der Waals surface area contributed by atoms with Crippen molar-refractivity contribution in [3.8, 4) is 0 Å². The van der Waals surface area contributed by atoms with E-state index in [0.717, 1.165) is 12.0 Å². The minimum absolute atomic E-state index is 0.0980. The molecule has 0 spiro atoms. The third-order valence-electron chi connectivity index (χ3n) is 2.31. The Morgan fingerprint density at radius 1 is 1.50 bits per heavy atom. The first-order valence-electron chi connectivity index (χ1n) is 4.78. The van der Waals surface area contributed by atoms with Crippen LogP contribution in [0.4, 0.5) is 0 Å². The van der Waals surface area contributed by atoms with Crippen LogP contribution in [0.3, 0.4) is 0 Å². The highest BCUT2D eigenvalue weighted by molar-refractivity contribution is 6.30. The molecule has 1 aromatic rings. The van der Waals surface area contributed by atoms with Crippen molar-refractivity contribution in [1.29, 1.82) is 0 Å². The molecule has 0 atom stereocenters. The normalized spacial score (nSPS) is 11.7. The molecule has 0 N–H and O–H groups in total. The van der Waals surface area contributed by atoms with Crippen molar-refractivity contribution < 1.29 is 4.74 Å². The summed E-state index contributed by atoms with van der Waals surface area (Å²) in [7, 11) is 0. The Hall–Kier alpha value is -0.600. The second-order valence-corrected chi connectivity index (χ2v) is 4.21. The molecule has 3 heteroatoms. The summed E-state index contributed by atoms with van der Waals surface area (Å²) < 4.78 is 5.72. The number of halogens is 1. The molecule has 0 aliphatic heterocycles. The molecule has 1 aromatic heterocycles. The van der Waals surface area contributed by atoms with E-state index in [1.165, 1.54) is 0 Å². The summed E-state index contributed by atoms with van der Waals surface area (Å²) in [5.41, 5.74) is 0.842. The molecule has 0 fully saturated rings. The van der Waals surface area contributed by atoms with Gasteiger partial charge in [0.15, 0.2) is 0 Å². The lowest BCUT2D eigenvalue weighted by molar-refractivity contribution is -0.0316. The van der Waals surface area contributed by atoms with Gasteiger partial charge in [-0.2, -0.15) is 0 Å². The first-order chi connectivity index (χ1) is 6.55. The van der Waals surface area contributed by atoms with Crippen molar-refractivity contribution in [1.82, 2.24) is 4.98 Å². The van der Waals surface area contributed by atoms with E-state index < -0.39 is 0 Å². The van der Waals surface area contributed by atoms with Crippen LogP contribution in [0, 0.1) is 0 Å². The predicted octanol–water partition coefficient (Wildman–Crippen LogP) is 3.44. The van der Waals surface area contributed by atoms with E-state index in [4.69, 9.17) is 16.3 Å². The Bertz CT molecular complexity index is 299. The van der Waals surface area contributed by atoms with E-state index in [0.29, 0.717) is 11.8 Å².